The highest BCUT2D eigenvalue weighted by molar-refractivity contribution is 7.26. The van der Waals surface area contributed by atoms with Gasteiger partial charge in [0.2, 0.25) is 0 Å². The minimum absolute atomic E-state index is 1.06. The number of benzene rings is 7. The second-order valence-electron chi connectivity index (χ2n) is 11.1. The highest BCUT2D eigenvalue weighted by atomic mass is 32.1. The van der Waals surface area contributed by atoms with Gasteiger partial charge in [-0.05, 0) is 76.1 Å². The molecule has 0 saturated carbocycles. The van der Waals surface area contributed by atoms with Crippen LogP contribution in [0.5, 0.6) is 0 Å². The summed E-state index contributed by atoms with van der Waals surface area (Å²) in [4.78, 5) is 5.21. The molecule has 7 aromatic carbocycles. The Morgan fingerprint density at radius 2 is 1.05 bits per heavy atom. The van der Waals surface area contributed by atoms with Crippen LogP contribution in [0.15, 0.2) is 133 Å². The summed E-state index contributed by atoms with van der Waals surface area (Å²) < 4.78 is 6.27. The van der Waals surface area contributed by atoms with Gasteiger partial charge in [0, 0.05) is 42.2 Å². The molecule has 43 heavy (non-hydrogen) atoms. The van der Waals surface area contributed by atoms with E-state index in [0.717, 1.165) is 21.8 Å². The third-order valence-electron chi connectivity index (χ3n) is 8.82. The first kappa shape index (κ1) is 23.5. The molecule has 0 aliphatic rings. The molecule has 0 fully saturated rings. The van der Waals surface area contributed by atoms with Crippen LogP contribution in [0, 0.1) is 0 Å². The van der Waals surface area contributed by atoms with E-state index >= 15 is 0 Å². The van der Waals surface area contributed by atoms with Crippen LogP contribution in [0.4, 0.5) is 0 Å². The molecule has 0 saturated heterocycles. The average molecular weight is 583 g/mol. The molecule has 0 aliphatic carbocycles. The zero-order valence-corrected chi connectivity index (χ0v) is 24.5. The lowest BCUT2D eigenvalue weighted by Gasteiger charge is -2.09. The third kappa shape index (κ3) is 3.30. The van der Waals surface area contributed by atoms with Crippen molar-refractivity contribution in [3.8, 4) is 16.3 Å². The summed E-state index contributed by atoms with van der Waals surface area (Å²) in [5, 5.41) is 11.4. The maximum Gasteiger partial charge on any atom is 0.124 e. The van der Waals surface area contributed by atoms with Gasteiger partial charge in [-0.15, -0.1) is 22.7 Å². The fraction of sp³-hybridized carbons (Fsp3) is 0. The molecule has 0 spiro atoms. The monoisotopic (exact) mass is 582 g/mol. The van der Waals surface area contributed by atoms with E-state index in [1.165, 1.54) is 68.2 Å². The summed E-state index contributed by atoms with van der Waals surface area (Å²) in [6.07, 6.45) is 0. The average Bonchev–Trinajstić information content (AvgIpc) is 3.76. The fourth-order valence-corrected chi connectivity index (χ4v) is 8.99. The van der Waals surface area contributed by atoms with Gasteiger partial charge in [-0.3, -0.25) is 0 Å². The van der Waals surface area contributed by atoms with Gasteiger partial charge in [-0.1, -0.05) is 78.9 Å². The van der Waals surface area contributed by atoms with E-state index in [1.807, 2.05) is 11.3 Å². The van der Waals surface area contributed by atoms with Gasteiger partial charge < -0.3 is 4.57 Å². The summed E-state index contributed by atoms with van der Waals surface area (Å²) >= 11 is 3.62. The number of hydrogen-bond donors (Lipinski definition) is 0. The molecule has 10 rings (SSSR count). The van der Waals surface area contributed by atoms with E-state index in [9.17, 15) is 0 Å². The van der Waals surface area contributed by atoms with Crippen molar-refractivity contribution in [3.05, 3.63) is 133 Å². The lowest BCUT2D eigenvalue weighted by molar-refractivity contribution is 1.18. The topological polar surface area (TPSA) is 17.8 Å². The molecular formula is C39H22N2S2. The Morgan fingerprint density at radius 3 is 1.74 bits per heavy atom. The maximum absolute atomic E-state index is 5.21. The Balaban J connectivity index is 1.19. The molecule has 0 N–H and O–H groups in total. The number of rotatable bonds is 2. The number of aromatic nitrogens is 2. The number of fused-ring (bicyclic) bond motifs is 12. The molecule has 0 atom stereocenters. The third-order valence-corrected chi connectivity index (χ3v) is 11.0. The van der Waals surface area contributed by atoms with Crippen molar-refractivity contribution >= 4 is 96.4 Å². The second kappa shape index (κ2) is 8.74. The van der Waals surface area contributed by atoms with E-state index in [4.69, 9.17) is 4.98 Å². The standard InChI is InChI=1S/C39H22N2S2/c1-3-9-27-23(7-1)15-19-30-35(27)36-28-10-4-2-8-24(28)16-20-31(36)41(30)26-17-13-25(14-18-26)39-40-38-34(43-39)22-21-33-37(38)29-11-5-6-12-32(29)42-33/h1-22H. The van der Waals surface area contributed by atoms with Gasteiger partial charge in [0.1, 0.15) is 5.01 Å². The molecule has 3 heterocycles. The highest BCUT2D eigenvalue weighted by Gasteiger charge is 2.18. The first-order valence-electron chi connectivity index (χ1n) is 14.5. The molecule has 0 amide bonds. The van der Waals surface area contributed by atoms with Crippen molar-refractivity contribution in [1.29, 1.82) is 0 Å². The zero-order valence-electron chi connectivity index (χ0n) is 22.9. The quantitative estimate of drug-likeness (QED) is 0.198. The van der Waals surface area contributed by atoms with E-state index < -0.39 is 0 Å². The lowest BCUT2D eigenvalue weighted by atomic mass is 10.00. The van der Waals surface area contributed by atoms with Gasteiger partial charge in [0.25, 0.3) is 0 Å². The fourth-order valence-electron chi connectivity index (χ4n) is 6.90. The Morgan fingerprint density at radius 1 is 0.442 bits per heavy atom. The largest absolute Gasteiger partial charge is 0.309 e. The van der Waals surface area contributed by atoms with Crippen molar-refractivity contribution in [3.63, 3.8) is 0 Å². The molecule has 3 aromatic heterocycles. The molecular weight excluding hydrogens is 561 g/mol. The van der Waals surface area contributed by atoms with Gasteiger partial charge in [-0.2, -0.15) is 0 Å². The van der Waals surface area contributed by atoms with Crippen LogP contribution in [0.1, 0.15) is 0 Å². The van der Waals surface area contributed by atoms with E-state index in [0.29, 0.717) is 0 Å². The molecule has 0 unspecified atom stereocenters. The lowest BCUT2D eigenvalue weighted by Crippen LogP contribution is -1.93. The summed E-state index contributed by atoms with van der Waals surface area (Å²) in [5.41, 5.74) is 5.87. The molecule has 4 heteroatoms. The van der Waals surface area contributed by atoms with Gasteiger partial charge in [0.05, 0.1) is 21.3 Å². The minimum Gasteiger partial charge on any atom is -0.309 e. The van der Waals surface area contributed by atoms with Crippen molar-refractivity contribution in [1.82, 2.24) is 9.55 Å². The summed E-state index contributed by atoms with van der Waals surface area (Å²) in [6, 6.07) is 48.7. The van der Waals surface area contributed by atoms with Crippen LogP contribution >= 0.6 is 22.7 Å². The Bertz CT molecular complexity index is 2630. The Hall–Kier alpha value is -5.03. The van der Waals surface area contributed by atoms with Crippen LogP contribution in [0.2, 0.25) is 0 Å². The van der Waals surface area contributed by atoms with Gasteiger partial charge in [-0.25, -0.2) is 4.98 Å². The predicted octanol–water partition coefficient (Wildman–Crippen LogP) is 11.7. The maximum atomic E-state index is 5.21. The molecule has 200 valence electrons. The van der Waals surface area contributed by atoms with Gasteiger partial charge in [0.15, 0.2) is 0 Å². The number of thiophene rings is 1. The van der Waals surface area contributed by atoms with E-state index in [1.54, 1.807) is 11.3 Å². The van der Waals surface area contributed by atoms with Crippen molar-refractivity contribution in [2.45, 2.75) is 0 Å². The summed E-state index contributed by atoms with van der Waals surface area (Å²) in [6.45, 7) is 0. The van der Waals surface area contributed by atoms with Crippen molar-refractivity contribution in [2.24, 2.45) is 0 Å². The summed E-state index contributed by atoms with van der Waals surface area (Å²) in [5.74, 6) is 0. The number of nitrogens with zero attached hydrogens (tertiary/aromatic N) is 2. The minimum atomic E-state index is 1.06. The van der Waals surface area contributed by atoms with Crippen molar-refractivity contribution < 1.29 is 0 Å². The normalized spacial score (nSPS) is 12.2. The predicted molar refractivity (Wildman–Crippen MR) is 187 cm³/mol. The number of hydrogen-bond acceptors (Lipinski definition) is 3. The smallest absolute Gasteiger partial charge is 0.124 e. The highest BCUT2D eigenvalue weighted by Crippen LogP contribution is 2.43. The Kier molecular flexibility index (Phi) is 4.78. The molecule has 0 bridgehead atoms. The van der Waals surface area contributed by atoms with Crippen LogP contribution in [-0.2, 0) is 0 Å². The molecule has 10 aromatic rings. The van der Waals surface area contributed by atoms with E-state index in [-0.39, 0.29) is 0 Å². The van der Waals surface area contributed by atoms with Crippen LogP contribution < -0.4 is 0 Å². The zero-order chi connectivity index (χ0) is 28.1. The molecule has 0 aliphatic heterocycles. The van der Waals surface area contributed by atoms with Gasteiger partial charge >= 0.3 is 0 Å². The first-order chi connectivity index (χ1) is 21.3. The van der Waals surface area contributed by atoms with Crippen molar-refractivity contribution in [2.75, 3.05) is 0 Å². The first-order valence-corrected chi connectivity index (χ1v) is 16.1. The van der Waals surface area contributed by atoms with Crippen LogP contribution in [-0.4, -0.2) is 9.55 Å². The van der Waals surface area contributed by atoms with E-state index in [2.05, 4.69) is 138 Å². The Labute approximate surface area is 254 Å². The molecule has 0 radical (unpaired) electrons. The molecule has 2 nitrogen and oxygen atoms in total. The summed E-state index contributed by atoms with van der Waals surface area (Å²) in [7, 11) is 0. The van der Waals surface area contributed by atoms with Crippen LogP contribution in [0.25, 0.3) is 90.0 Å². The number of thiazole rings is 1. The van der Waals surface area contributed by atoms with Crippen LogP contribution in [0.3, 0.4) is 0 Å². The SMILES string of the molecule is c1ccc2c(c1)ccc1c2c2c3ccccc3ccc2n1-c1ccc(-c2nc3c(ccc4sc5ccccc5c43)s2)cc1. The second-order valence-corrected chi connectivity index (χ2v) is 13.3.